The maximum atomic E-state index is 10.9. The van der Waals surface area contributed by atoms with Crippen LogP contribution in [-0.2, 0) is 9.59 Å². The average molecular weight is 253 g/mol. The quantitative estimate of drug-likeness (QED) is 0.758. The van der Waals surface area contributed by atoms with Crippen molar-refractivity contribution in [2.24, 2.45) is 0 Å². The van der Waals surface area contributed by atoms with Gasteiger partial charge in [0.25, 0.3) is 0 Å². The predicted molar refractivity (Wildman–Crippen MR) is 67.0 cm³/mol. The first-order valence-corrected chi connectivity index (χ1v) is 6.26. The van der Waals surface area contributed by atoms with E-state index < -0.39 is 12.0 Å². The van der Waals surface area contributed by atoms with E-state index in [1.165, 1.54) is 6.92 Å². The number of rotatable bonds is 6. The minimum absolute atomic E-state index is 0.317. The van der Waals surface area contributed by atoms with Gasteiger partial charge in [0.15, 0.2) is 0 Å². The molecule has 17 heavy (non-hydrogen) atoms. The van der Waals surface area contributed by atoms with E-state index in [1.807, 2.05) is 30.3 Å². The van der Waals surface area contributed by atoms with Crippen LogP contribution in [-0.4, -0.2) is 28.8 Å². The van der Waals surface area contributed by atoms with Crippen LogP contribution in [0.4, 0.5) is 0 Å². The molecule has 0 heterocycles. The molecule has 1 atom stereocenters. The lowest BCUT2D eigenvalue weighted by Gasteiger charge is -2.12. The summed E-state index contributed by atoms with van der Waals surface area (Å²) in [4.78, 5) is 22.8. The van der Waals surface area contributed by atoms with E-state index in [4.69, 9.17) is 5.11 Å². The molecule has 0 bridgehead atoms. The van der Waals surface area contributed by atoms with Crippen LogP contribution in [0.5, 0.6) is 0 Å². The number of thioether (sulfide) groups is 1. The molecule has 1 aromatic carbocycles. The van der Waals surface area contributed by atoms with Crippen molar-refractivity contribution in [1.82, 2.24) is 5.32 Å². The molecule has 0 aliphatic rings. The number of hydrogen-bond acceptors (Lipinski definition) is 3. The van der Waals surface area contributed by atoms with Gasteiger partial charge in [-0.25, -0.2) is 4.79 Å². The molecule has 0 fully saturated rings. The fraction of sp³-hybridized carbons (Fsp3) is 0.333. The van der Waals surface area contributed by atoms with E-state index in [-0.39, 0.29) is 5.91 Å². The van der Waals surface area contributed by atoms with Gasteiger partial charge < -0.3 is 10.4 Å². The predicted octanol–water partition coefficient (Wildman–Crippen LogP) is 1.76. The van der Waals surface area contributed by atoms with Crippen molar-refractivity contribution in [3.8, 4) is 0 Å². The summed E-state index contributed by atoms with van der Waals surface area (Å²) in [7, 11) is 0. The van der Waals surface area contributed by atoms with Crippen LogP contribution in [0.25, 0.3) is 0 Å². The van der Waals surface area contributed by atoms with E-state index in [2.05, 4.69) is 5.32 Å². The lowest BCUT2D eigenvalue weighted by molar-refractivity contribution is -0.141. The molecule has 92 valence electrons. The summed E-state index contributed by atoms with van der Waals surface area (Å²) in [6.45, 7) is 1.32. The van der Waals surface area contributed by atoms with E-state index in [1.54, 1.807) is 11.8 Å². The third-order valence-electron chi connectivity index (χ3n) is 2.09. The molecule has 0 aliphatic heterocycles. The third kappa shape index (κ3) is 5.40. The zero-order valence-electron chi connectivity index (χ0n) is 9.55. The Morgan fingerprint density at radius 3 is 2.53 bits per heavy atom. The SMILES string of the molecule is CC(=O)N[C@@H](CCSc1ccccc1)C(=O)O. The number of aliphatic carboxylic acids is 1. The van der Waals surface area contributed by atoms with E-state index in [0.717, 1.165) is 4.90 Å². The Bertz CT molecular complexity index is 381. The molecule has 2 N–H and O–H groups in total. The fourth-order valence-electron chi connectivity index (χ4n) is 1.31. The lowest BCUT2D eigenvalue weighted by Crippen LogP contribution is -2.39. The van der Waals surface area contributed by atoms with Crippen molar-refractivity contribution >= 4 is 23.6 Å². The molecule has 5 heteroatoms. The summed E-state index contributed by atoms with van der Waals surface area (Å²) in [5.74, 6) is -0.655. The summed E-state index contributed by atoms with van der Waals surface area (Å²) in [6.07, 6.45) is 0.411. The summed E-state index contributed by atoms with van der Waals surface area (Å²) in [6, 6.07) is 8.94. The van der Waals surface area contributed by atoms with Crippen molar-refractivity contribution in [3.05, 3.63) is 30.3 Å². The number of carbonyl (C=O) groups excluding carboxylic acids is 1. The van der Waals surface area contributed by atoms with Gasteiger partial charge >= 0.3 is 5.97 Å². The molecule has 1 rings (SSSR count). The molecule has 0 unspecified atom stereocenters. The van der Waals surface area contributed by atoms with Gasteiger partial charge in [0.05, 0.1) is 0 Å². The largest absolute Gasteiger partial charge is 0.480 e. The van der Waals surface area contributed by atoms with Gasteiger partial charge in [-0.2, -0.15) is 0 Å². The number of carboxylic acid groups (broad SMARTS) is 1. The van der Waals surface area contributed by atoms with Crippen LogP contribution in [0.15, 0.2) is 35.2 Å². The fourth-order valence-corrected chi connectivity index (χ4v) is 2.25. The number of amides is 1. The third-order valence-corrected chi connectivity index (χ3v) is 3.14. The first kappa shape index (κ1) is 13.6. The zero-order chi connectivity index (χ0) is 12.7. The molecule has 1 aromatic rings. The number of carbonyl (C=O) groups is 2. The molecular weight excluding hydrogens is 238 g/mol. The second kappa shape index (κ2) is 6.96. The highest BCUT2D eigenvalue weighted by Gasteiger charge is 2.17. The molecule has 0 radical (unpaired) electrons. The van der Waals surface area contributed by atoms with Crippen LogP contribution < -0.4 is 5.32 Å². The van der Waals surface area contributed by atoms with E-state index in [0.29, 0.717) is 12.2 Å². The monoisotopic (exact) mass is 253 g/mol. The highest BCUT2D eigenvalue weighted by atomic mass is 32.2. The average Bonchev–Trinajstić information content (AvgIpc) is 2.28. The summed E-state index contributed by atoms with van der Waals surface area (Å²) in [5.41, 5.74) is 0. The van der Waals surface area contributed by atoms with E-state index in [9.17, 15) is 9.59 Å². The number of hydrogen-bond donors (Lipinski definition) is 2. The van der Waals surface area contributed by atoms with Crippen LogP contribution in [0.3, 0.4) is 0 Å². The number of benzene rings is 1. The molecule has 0 spiro atoms. The second-order valence-electron chi connectivity index (χ2n) is 3.54. The Morgan fingerprint density at radius 2 is 2.00 bits per heavy atom. The van der Waals surface area contributed by atoms with Gasteiger partial charge in [-0.1, -0.05) is 18.2 Å². The number of carboxylic acids is 1. The minimum atomic E-state index is -0.992. The number of nitrogens with one attached hydrogen (secondary N) is 1. The Hall–Kier alpha value is -1.49. The second-order valence-corrected chi connectivity index (χ2v) is 4.71. The van der Waals surface area contributed by atoms with Crippen molar-refractivity contribution in [2.45, 2.75) is 24.3 Å². The zero-order valence-corrected chi connectivity index (χ0v) is 10.4. The molecule has 0 aliphatic carbocycles. The van der Waals surface area contributed by atoms with Gasteiger partial charge in [-0.15, -0.1) is 11.8 Å². The molecular formula is C12H15NO3S. The molecule has 0 aromatic heterocycles. The van der Waals surface area contributed by atoms with Gasteiger partial charge in [0.2, 0.25) is 5.91 Å². The Balaban J connectivity index is 2.37. The van der Waals surface area contributed by atoms with Crippen molar-refractivity contribution in [2.75, 3.05) is 5.75 Å². The molecule has 1 amide bonds. The molecule has 4 nitrogen and oxygen atoms in total. The van der Waals surface area contributed by atoms with Crippen LogP contribution in [0.1, 0.15) is 13.3 Å². The first-order chi connectivity index (χ1) is 8.09. The van der Waals surface area contributed by atoms with Gasteiger partial charge in [-0.05, 0) is 18.6 Å². The maximum absolute atomic E-state index is 10.9. The van der Waals surface area contributed by atoms with Crippen molar-refractivity contribution in [3.63, 3.8) is 0 Å². The summed E-state index contributed by atoms with van der Waals surface area (Å²) < 4.78 is 0. The summed E-state index contributed by atoms with van der Waals surface area (Å²) in [5, 5.41) is 11.3. The van der Waals surface area contributed by atoms with E-state index >= 15 is 0 Å². The smallest absolute Gasteiger partial charge is 0.326 e. The van der Waals surface area contributed by atoms with Gasteiger partial charge in [0.1, 0.15) is 6.04 Å². The Kier molecular flexibility index (Phi) is 5.56. The highest BCUT2D eigenvalue weighted by molar-refractivity contribution is 7.99. The Labute approximate surface area is 104 Å². The topological polar surface area (TPSA) is 66.4 Å². The van der Waals surface area contributed by atoms with Crippen LogP contribution in [0, 0.1) is 0 Å². The first-order valence-electron chi connectivity index (χ1n) is 5.27. The standard InChI is InChI=1S/C12H15NO3S/c1-9(14)13-11(12(15)16)7-8-17-10-5-3-2-4-6-10/h2-6,11H,7-8H2,1H3,(H,13,14)(H,15,16)/t11-/m0/s1. The normalized spacial score (nSPS) is 11.8. The highest BCUT2D eigenvalue weighted by Crippen LogP contribution is 2.18. The van der Waals surface area contributed by atoms with Crippen LogP contribution in [0.2, 0.25) is 0 Å². The van der Waals surface area contributed by atoms with Crippen molar-refractivity contribution < 1.29 is 14.7 Å². The molecule has 0 saturated heterocycles. The summed E-state index contributed by atoms with van der Waals surface area (Å²) >= 11 is 1.58. The Morgan fingerprint density at radius 1 is 1.35 bits per heavy atom. The molecule has 0 saturated carbocycles. The van der Waals surface area contributed by atoms with Crippen LogP contribution >= 0.6 is 11.8 Å². The minimum Gasteiger partial charge on any atom is -0.480 e. The van der Waals surface area contributed by atoms with Gasteiger partial charge in [-0.3, -0.25) is 4.79 Å². The maximum Gasteiger partial charge on any atom is 0.326 e. The van der Waals surface area contributed by atoms with Crippen molar-refractivity contribution in [1.29, 1.82) is 0 Å². The van der Waals surface area contributed by atoms with Gasteiger partial charge in [0, 0.05) is 17.6 Å². The lowest BCUT2D eigenvalue weighted by atomic mass is 10.2.